The number of rotatable bonds is 6. The summed E-state index contributed by atoms with van der Waals surface area (Å²) in [7, 11) is -2.14. The number of aryl methyl sites for hydroxylation is 1. The molecule has 2 rings (SSSR count). The monoisotopic (exact) mass is 395 g/mol. The molecule has 1 aliphatic rings. The van der Waals surface area contributed by atoms with E-state index in [1.807, 2.05) is 20.8 Å². The van der Waals surface area contributed by atoms with Gasteiger partial charge in [-0.05, 0) is 36.5 Å². The fraction of sp³-hybridized carbons (Fsp3) is 0.700. The standard InChI is InChI=1S/C20H33NO5Si/c1-13(2)16-12-25-19(23)21(16)18(22)9-17(15-11-24-10-14(15)3)26-27(7,8)20(4,5)6/h10-11,13,16-17H,9,12H2,1-8H3/t16-,17+/m0/s1. The summed E-state index contributed by atoms with van der Waals surface area (Å²) in [4.78, 5) is 26.5. The zero-order valence-electron chi connectivity index (χ0n) is 17.8. The van der Waals surface area contributed by atoms with E-state index in [9.17, 15) is 9.59 Å². The number of hydrogen-bond acceptors (Lipinski definition) is 5. The summed E-state index contributed by atoms with van der Waals surface area (Å²) >= 11 is 0. The zero-order chi connectivity index (χ0) is 20.6. The number of furan rings is 1. The molecule has 2 amide bonds. The predicted octanol–water partition coefficient (Wildman–Crippen LogP) is 5.04. The minimum absolute atomic E-state index is 0.00101. The number of carbonyl (C=O) groups excluding carboxylic acids is 2. The summed E-state index contributed by atoms with van der Waals surface area (Å²) in [6.07, 6.45) is 2.38. The topological polar surface area (TPSA) is 69.0 Å². The average molecular weight is 396 g/mol. The minimum Gasteiger partial charge on any atom is -0.472 e. The van der Waals surface area contributed by atoms with Crippen molar-refractivity contribution in [3.05, 3.63) is 23.7 Å². The van der Waals surface area contributed by atoms with E-state index < -0.39 is 20.5 Å². The predicted molar refractivity (Wildman–Crippen MR) is 106 cm³/mol. The number of ether oxygens (including phenoxy) is 1. The first-order chi connectivity index (χ1) is 12.3. The van der Waals surface area contributed by atoms with E-state index in [0.29, 0.717) is 0 Å². The maximum absolute atomic E-state index is 13.1. The molecule has 0 aromatic carbocycles. The van der Waals surface area contributed by atoms with E-state index in [4.69, 9.17) is 13.6 Å². The lowest BCUT2D eigenvalue weighted by Gasteiger charge is -2.39. The third-order valence-electron chi connectivity index (χ3n) is 5.79. The Morgan fingerprint density at radius 2 is 1.96 bits per heavy atom. The maximum Gasteiger partial charge on any atom is 0.416 e. The maximum atomic E-state index is 13.1. The normalized spacial score (nSPS) is 19.5. The van der Waals surface area contributed by atoms with Crippen molar-refractivity contribution in [3.63, 3.8) is 0 Å². The molecule has 0 N–H and O–H groups in total. The second kappa shape index (κ2) is 7.79. The molecule has 152 valence electrons. The molecule has 1 fully saturated rings. The summed E-state index contributed by atoms with van der Waals surface area (Å²) in [6, 6.07) is -0.232. The lowest BCUT2D eigenvalue weighted by Crippen LogP contribution is -2.45. The van der Waals surface area contributed by atoms with Gasteiger partial charge >= 0.3 is 6.09 Å². The fourth-order valence-electron chi connectivity index (χ4n) is 2.92. The number of nitrogens with zero attached hydrogens (tertiary/aromatic N) is 1. The molecular formula is C20H33NO5Si. The van der Waals surface area contributed by atoms with Crippen LogP contribution < -0.4 is 0 Å². The van der Waals surface area contributed by atoms with Crippen LogP contribution in [-0.4, -0.2) is 37.9 Å². The molecule has 0 spiro atoms. The quantitative estimate of drug-likeness (QED) is 0.631. The largest absolute Gasteiger partial charge is 0.472 e. The Bertz CT molecular complexity index is 689. The van der Waals surface area contributed by atoms with E-state index in [-0.39, 0.29) is 35.9 Å². The molecule has 0 radical (unpaired) electrons. The Morgan fingerprint density at radius 3 is 2.44 bits per heavy atom. The van der Waals surface area contributed by atoms with Crippen LogP contribution in [0.5, 0.6) is 0 Å². The molecular weight excluding hydrogens is 362 g/mol. The van der Waals surface area contributed by atoms with E-state index in [1.165, 1.54) is 4.90 Å². The van der Waals surface area contributed by atoms with E-state index >= 15 is 0 Å². The van der Waals surface area contributed by atoms with Gasteiger partial charge in [-0.2, -0.15) is 0 Å². The van der Waals surface area contributed by atoms with Crippen LogP contribution >= 0.6 is 0 Å². The smallest absolute Gasteiger partial charge is 0.416 e. The Morgan fingerprint density at radius 1 is 1.33 bits per heavy atom. The highest BCUT2D eigenvalue weighted by Gasteiger charge is 2.43. The number of imide groups is 1. The second-order valence-corrected chi connectivity index (χ2v) is 14.0. The Labute approximate surface area is 163 Å². The molecule has 7 heteroatoms. The molecule has 1 aromatic heterocycles. The van der Waals surface area contributed by atoms with Gasteiger partial charge in [0, 0.05) is 5.56 Å². The summed E-state index contributed by atoms with van der Waals surface area (Å²) in [5, 5.41) is -0.00101. The first-order valence-electron chi connectivity index (χ1n) is 9.54. The number of carbonyl (C=O) groups is 2. The van der Waals surface area contributed by atoms with Gasteiger partial charge in [-0.15, -0.1) is 0 Å². The second-order valence-electron chi connectivity index (χ2n) is 9.23. The van der Waals surface area contributed by atoms with Gasteiger partial charge in [-0.3, -0.25) is 4.79 Å². The molecule has 1 saturated heterocycles. The molecule has 2 atom stereocenters. The van der Waals surface area contributed by atoms with Crippen LogP contribution in [0, 0.1) is 12.8 Å². The first-order valence-corrected chi connectivity index (χ1v) is 12.5. The van der Waals surface area contributed by atoms with Crippen molar-refractivity contribution < 1.29 is 23.2 Å². The number of hydrogen-bond donors (Lipinski definition) is 0. The Balaban J connectivity index is 2.28. The molecule has 2 heterocycles. The van der Waals surface area contributed by atoms with E-state index in [1.54, 1.807) is 12.5 Å². The molecule has 6 nitrogen and oxygen atoms in total. The van der Waals surface area contributed by atoms with Gasteiger partial charge in [0.25, 0.3) is 0 Å². The van der Waals surface area contributed by atoms with Crippen molar-refractivity contribution in [2.24, 2.45) is 5.92 Å². The molecule has 0 bridgehead atoms. The Hall–Kier alpha value is -1.60. The van der Waals surface area contributed by atoms with Crippen molar-refractivity contribution in [1.29, 1.82) is 0 Å². The van der Waals surface area contributed by atoms with E-state index in [0.717, 1.165) is 11.1 Å². The minimum atomic E-state index is -2.14. The Kier molecular flexibility index (Phi) is 6.26. The SMILES string of the molecule is Cc1cocc1[C@@H](CC(=O)N1C(=O)OC[C@H]1C(C)C)O[Si](C)(C)C(C)(C)C. The summed E-state index contributed by atoms with van der Waals surface area (Å²) in [6.45, 7) is 16.9. The van der Waals surface area contributed by atoms with Crippen LogP contribution in [0.15, 0.2) is 16.9 Å². The van der Waals surface area contributed by atoms with Gasteiger partial charge in [-0.1, -0.05) is 34.6 Å². The van der Waals surface area contributed by atoms with Crippen molar-refractivity contribution >= 4 is 20.3 Å². The van der Waals surface area contributed by atoms with Crippen molar-refractivity contribution in [2.45, 2.75) is 78.2 Å². The van der Waals surface area contributed by atoms with Gasteiger partial charge < -0.3 is 13.6 Å². The molecule has 1 aromatic rings. The first kappa shape index (κ1) is 21.7. The van der Waals surface area contributed by atoms with Crippen LogP contribution in [0.4, 0.5) is 4.79 Å². The number of amides is 2. The van der Waals surface area contributed by atoms with Gasteiger partial charge in [0.1, 0.15) is 6.61 Å². The third kappa shape index (κ3) is 4.63. The van der Waals surface area contributed by atoms with Crippen molar-refractivity contribution in [3.8, 4) is 0 Å². The zero-order valence-corrected chi connectivity index (χ0v) is 18.8. The highest BCUT2D eigenvalue weighted by molar-refractivity contribution is 6.74. The van der Waals surface area contributed by atoms with Gasteiger partial charge in [0.2, 0.25) is 5.91 Å². The molecule has 0 aliphatic carbocycles. The lowest BCUT2D eigenvalue weighted by atomic mass is 10.0. The van der Waals surface area contributed by atoms with E-state index in [2.05, 4.69) is 33.9 Å². The third-order valence-corrected chi connectivity index (χ3v) is 10.3. The summed E-state index contributed by atoms with van der Waals surface area (Å²) in [5.74, 6) is -0.128. The van der Waals surface area contributed by atoms with Crippen LogP contribution in [0.1, 0.15) is 58.3 Å². The number of cyclic esters (lactones) is 1. The average Bonchev–Trinajstić information content (AvgIpc) is 3.11. The molecule has 0 unspecified atom stereocenters. The van der Waals surface area contributed by atoms with Gasteiger partial charge in [0.05, 0.1) is 31.1 Å². The highest BCUT2D eigenvalue weighted by atomic mass is 28.4. The molecule has 0 saturated carbocycles. The van der Waals surface area contributed by atoms with Gasteiger partial charge in [-0.25, -0.2) is 9.69 Å². The van der Waals surface area contributed by atoms with Gasteiger partial charge in [0.15, 0.2) is 8.32 Å². The van der Waals surface area contributed by atoms with Crippen LogP contribution in [0.25, 0.3) is 0 Å². The molecule has 27 heavy (non-hydrogen) atoms. The van der Waals surface area contributed by atoms with Crippen LogP contribution in [0.3, 0.4) is 0 Å². The van der Waals surface area contributed by atoms with Crippen LogP contribution in [0.2, 0.25) is 18.1 Å². The fourth-order valence-corrected chi connectivity index (χ4v) is 4.19. The summed E-state index contributed by atoms with van der Waals surface area (Å²) in [5.41, 5.74) is 1.80. The highest BCUT2D eigenvalue weighted by Crippen LogP contribution is 2.41. The van der Waals surface area contributed by atoms with Crippen molar-refractivity contribution in [2.75, 3.05) is 6.61 Å². The summed E-state index contributed by atoms with van der Waals surface area (Å²) < 4.78 is 17.0. The van der Waals surface area contributed by atoms with Crippen LogP contribution in [-0.2, 0) is 14.0 Å². The molecule has 1 aliphatic heterocycles. The lowest BCUT2D eigenvalue weighted by molar-refractivity contribution is -0.131. The van der Waals surface area contributed by atoms with Crippen molar-refractivity contribution in [1.82, 2.24) is 4.90 Å².